The van der Waals surface area contributed by atoms with Crippen molar-refractivity contribution in [2.75, 3.05) is 30.8 Å². The molecule has 1 atom stereocenters. The van der Waals surface area contributed by atoms with E-state index in [9.17, 15) is 18.0 Å². The number of sulfonamides is 1. The first-order chi connectivity index (χ1) is 15.5. The predicted octanol–water partition coefficient (Wildman–Crippen LogP) is 2.98. The van der Waals surface area contributed by atoms with Crippen molar-refractivity contribution in [3.05, 3.63) is 58.6 Å². The number of hydrogen-bond acceptors (Lipinski definition) is 5. The molecule has 180 valence electrons. The van der Waals surface area contributed by atoms with Gasteiger partial charge in [-0.25, -0.2) is 8.42 Å². The van der Waals surface area contributed by atoms with Crippen molar-refractivity contribution < 1.29 is 22.7 Å². The Balaban J connectivity index is 2.42. The molecule has 0 bridgehead atoms. The van der Waals surface area contributed by atoms with E-state index in [1.54, 1.807) is 57.2 Å². The van der Waals surface area contributed by atoms with Gasteiger partial charge < -0.3 is 15.0 Å². The van der Waals surface area contributed by atoms with Crippen LogP contribution in [0.3, 0.4) is 0 Å². The van der Waals surface area contributed by atoms with E-state index >= 15 is 0 Å². The number of ether oxygens (including phenoxy) is 1. The number of methoxy groups -OCH3 is 1. The zero-order chi connectivity index (χ0) is 24.8. The van der Waals surface area contributed by atoms with Gasteiger partial charge in [0.2, 0.25) is 21.8 Å². The summed E-state index contributed by atoms with van der Waals surface area (Å²) in [6.07, 6.45) is 1.04. The number of amides is 2. The highest BCUT2D eigenvalue weighted by molar-refractivity contribution is 7.92. The molecular weight excluding hydrogens is 466 g/mol. The third-order valence-electron chi connectivity index (χ3n) is 5.11. The van der Waals surface area contributed by atoms with E-state index in [1.807, 2.05) is 6.07 Å². The summed E-state index contributed by atoms with van der Waals surface area (Å²) >= 11 is 6.02. The molecule has 10 heteroatoms. The number of nitrogens with one attached hydrogen (secondary N) is 1. The third-order valence-corrected chi connectivity index (χ3v) is 6.47. The van der Waals surface area contributed by atoms with Gasteiger partial charge in [-0.3, -0.25) is 13.9 Å². The number of halogens is 1. The number of carbonyl (C=O) groups excluding carboxylic acids is 2. The van der Waals surface area contributed by atoms with Gasteiger partial charge in [-0.2, -0.15) is 0 Å². The Kier molecular flexibility index (Phi) is 9.13. The van der Waals surface area contributed by atoms with Crippen LogP contribution < -0.4 is 14.4 Å². The van der Waals surface area contributed by atoms with Crippen LogP contribution in [0, 0.1) is 6.92 Å². The molecule has 0 aliphatic carbocycles. The van der Waals surface area contributed by atoms with E-state index in [2.05, 4.69) is 5.32 Å². The smallest absolute Gasteiger partial charge is 0.244 e. The number of anilines is 1. The van der Waals surface area contributed by atoms with Crippen molar-refractivity contribution in [3.8, 4) is 5.75 Å². The van der Waals surface area contributed by atoms with Crippen molar-refractivity contribution in [2.24, 2.45) is 0 Å². The molecule has 2 amide bonds. The van der Waals surface area contributed by atoms with Crippen LogP contribution in [0.15, 0.2) is 42.5 Å². The number of carbonyl (C=O) groups is 2. The summed E-state index contributed by atoms with van der Waals surface area (Å²) in [5.74, 6) is -0.237. The molecule has 2 aromatic carbocycles. The van der Waals surface area contributed by atoms with Crippen molar-refractivity contribution in [1.82, 2.24) is 10.2 Å². The molecule has 33 heavy (non-hydrogen) atoms. The van der Waals surface area contributed by atoms with Crippen LogP contribution in [0.4, 0.5) is 5.69 Å². The maximum Gasteiger partial charge on any atom is 0.244 e. The van der Waals surface area contributed by atoms with Crippen molar-refractivity contribution in [2.45, 2.75) is 33.4 Å². The SMILES string of the molecule is CCNC(=O)C(C)N(Cc1cccc(OC)c1)C(=O)CN(c1ccc(Cl)cc1C)S(C)(=O)=O. The molecule has 0 radical (unpaired) electrons. The highest BCUT2D eigenvalue weighted by atomic mass is 35.5. The van der Waals surface area contributed by atoms with Crippen molar-refractivity contribution in [1.29, 1.82) is 0 Å². The number of benzene rings is 2. The number of nitrogens with zero attached hydrogens (tertiary/aromatic N) is 2. The predicted molar refractivity (Wildman–Crippen MR) is 130 cm³/mol. The van der Waals surface area contributed by atoms with Gasteiger partial charge in [-0.15, -0.1) is 0 Å². The zero-order valence-electron chi connectivity index (χ0n) is 19.5. The highest BCUT2D eigenvalue weighted by Crippen LogP contribution is 2.26. The standard InChI is InChI=1S/C23H30ClN3O5S/c1-6-25-23(29)17(3)26(14-18-8-7-9-20(13-18)32-4)22(28)15-27(33(5,30)31)21-11-10-19(24)12-16(21)2/h7-13,17H,6,14-15H2,1-5H3,(H,25,29). The molecule has 0 saturated heterocycles. The number of hydrogen-bond donors (Lipinski definition) is 1. The summed E-state index contributed by atoms with van der Waals surface area (Å²) in [6, 6.07) is 11.1. The molecular formula is C23H30ClN3O5S. The van der Waals surface area contributed by atoms with Gasteiger partial charge >= 0.3 is 0 Å². The molecule has 2 aromatic rings. The molecule has 0 aliphatic heterocycles. The van der Waals surface area contributed by atoms with Gasteiger partial charge in [0.15, 0.2) is 0 Å². The average molecular weight is 496 g/mol. The number of rotatable bonds is 10. The Bertz CT molecular complexity index is 1110. The number of aryl methyl sites for hydroxylation is 1. The van der Waals surface area contributed by atoms with Gasteiger partial charge in [0.1, 0.15) is 18.3 Å². The normalized spacial score (nSPS) is 12.1. The topological polar surface area (TPSA) is 96.0 Å². The van der Waals surface area contributed by atoms with Gasteiger partial charge in [0, 0.05) is 18.1 Å². The quantitative estimate of drug-likeness (QED) is 0.546. The van der Waals surface area contributed by atoms with E-state index in [4.69, 9.17) is 16.3 Å². The molecule has 0 aromatic heterocycles. The Hall–Kier alpha value is -2.78. The van der Waals surface area contributed by atoms with E-state index in [0.29, 0.717) is 28.6 Å². The second kappa shape index (κ2) is 11.4. The molecule has 0 saturated carbocycles. The van der Waals surface area contributed by atoms with Crippen LogP contribution in [0.5, 0.6) is 5.75 Å². The average Bonchev–Trinajstić information content (AvgIpc) is 2.75. The summed E-state index contributed by atoms with van der Waals surface area (Å²) in [6.45, 7) is 5.16. The van der Waals surface area contributed by atoms with Gasteiger partial charge in [-0.1, -0.05) is 23.7 Å². The van der Waals surface area contributed by atoms with Crippen LogP contribution in [-0.4, -0.2) is 57.6 Å². The van der Waals surface area contributed by atoms with E-state index in [1.165, 1.54) is 12.0 Å². The molecule has 0 spiro atoms. The van der Waals surface area contributed by atoms with Crippen molar-refractivity contribution >= 4 is 39.1 Å². The largest absolute Gasteiger partial charge is 0.497 e. The maximum atomic E-state index is 13.4. The lowest BCUT2D eigenvalue weighted by Gasteiger charge is -2.32. The lowest BCUT2D eigenvalue weighted by atomic mass is 10.1. The fourth-order valence-corrected chi connectivity index (χ4v) is 4.50. The molecule has 0 fully saturated rings. The van der Waals surface area contributed by atoms with Crippen LogP contribution >= 0.6 is 11.6 Å². The van der Waals surface area contributed by atoms with Gasteiger partial charge in [0.05, 0.1) is 19.1 Å². The van der Waals surface area contributed by atoms with Gasteiger partial charge in [-0.05, 0) is 62.2 Å². The first-order valence-corrected chi connectivity index (χ1v) is 12.6. The summed E-state index contributed by atoms with van der Waals surface area (Å²) in [4.78, 5) is 27.4. The first kappa shape index (κ1) is 26.5. The zero-order valence-corrected chi connectivity index (χ0v) is 21.0. The van der Waals surface area contributed by atoms with Crippen molar-refractivity contribution in [3.63, 3.8) is 0 Å². The lowest BCUT2D eigenvalue weighted by Crippen LogP contribution is -2.51. The Morgan fingerprint density at radius 2 is 1.88 bits per heavy atom. The van der Waals surface area contributed by atoms with E-state index in [-0.39, 0.29) is 12.5 Å². The molecule has 1 N–H and O–H groups in total. The minimum absolute atomic E-state index is 0.103. The fourth-order valence-electron chi connectivity index (χ4n) is 3.37. The molecule has 0 aliphatic rings. The Morgan fingerprint density at radius 3 is 2.45 bits per heavy atom. The third kappa shape index (κ3) is 7.10. The summed E-state index contributed by atoms with van der Waals surface area (Å²) in [7, 11) is -2.26. The fraction of sp³-hybridized carbons (Fsp3) is 0.391. The Labute approximate surface area is 200 Å². The summed E-state index contributed by atoms with van der Waals surface area (Å²) < 4.78 is 31.5. The lowest BCUT2D eigenvalue weighted by molar-refractivity contribution is -0.139. The van der Waals surface area contributed by atoms with E-state index < -0.39 is 28.5 Å². The first-order valence-electron chi connectivity index (χ1n) is 10.4. The van der Waals surface area contributed by atoms with Crippen LogP contribution in [-0.2, 0) is 26.2 Å². The molecule has 0 heterocycles. The minimum atomic E-state index is -3.80. The highest BCUT2D eigenvalue weighted by Gasteiger charge is 2.30. The van der Waals surface area contributed by atoms with Crippen LogP contribution in [0.1, 0.15) is 25.0 Å². The monoisotopic (exact) mass is 495 g/mol. The Morgan fingerprint density at radius 1 is 1.18 bits per heavy atom. The van der Waals surface area contributed by atoms with Crippen LogP contribution in [0.2, 0.25) is 5.02 Å². The molecule has 8 nitrogen and oxygen atoms in total. The van der Waals surface area contributed by atoms with Gasteiger partial charge in [0.25, 0.3) is 0 Å². The molecule has 2 rings (SSSR count). The summed E-state index contributed by atoms with van der Waals surface area (Å²) in [5.41, 5.74) is 1.70. The molecule has 1 unspecified atom stereocenters. The number of likely N-dealkylation sites (N-methyl/N-ethyl adjacent to an activating group) is 1. The second-order valence-corrected chi connectivity index (χ2v) is 9.99. The maximum absolute atomic E-state index is 13.4. The minimum Gasteiger partial charge on any atom is -0.497 e. The second-order valence-electron chi connectivity index (χ2n) is 7.64. The summed E-state index contributed by atoms with van der Waals surface area (Å²) in [5, 5.41) is 3.17. The van der Waals surface area contributed by atoms with Crippen LogP contribution in [0.25, 0.3) is 0 Å². The van der Waals surface area contributed by atoms with E-state index in [0.717, 1.165) is 16.1 Å².